The molecule has 1 aromatic carbocycles. The van der Waals surface area contributed by atoms with Gasteiger partial charge in [-0.3, -0.25) is 4.79 Å². The van der Waals surface area contributed by atoms with E-state index in [2.05, 4.69) is 15.4 Å². The first kappa shape index (κ1) is 14.1. The van der Waals surface area contributed by atoms with Crippen LogP contribution in [0.25, 0.3) is 5.65 Å². The van der Waals surface area contributed by atoms with Crippen LogP contribution in [0.4, 0.5) is 0 Å². The number of nitrogens with zero attached hydrogens (tertiary/aromatic N) is 3. The number of aromatic nitrogens is 3. The number of benzene rings is 1. The van der Waals surface area contributed by atoms with Gasteiger partial charge in [0.1, 0.15) is 5.69 Å². The number of hydrogen-bond acceptors (Lipinski definition) is 4. The maximum atomic E-state index is 12.2. The first-order valence-corrected chi connectivity index (χ1v) is 6.90. The quantitative estimate of drug-likeness (QED) is 0.799. The normalized spacial score (nSPS) is 10.6. The number of rotatable bonds is 4. The van der Waals surface area contributed by atoms with E-state index in [0.717, 1.165) is 11.1 Å². The highest BCUT2D eigenvalue weighted by Crippen LogP contribution is 2.10. The summed E-state index contributed by atoms with van der Waals surface area (Å²) in [4.78, 5) is 16.5. The number of ether oxygens (including phenoxy) is 1. The molecule has 0 fully saturated rings. The molecule has 0 aliphatic heterocycles. The molecule has 0 unspecified atom stereocenters. The number of aryl methyl sites for hydroxylation is 1. The second kappa shape index (κ2) is 5.85. The Bertz CT molecular complexity index is 826. The third-order valence-electron chi connectivity index (χ3n) is 3.44. The Morgan fingerprint density at radius 1 is 1.27 bits per heavy atom. The van der Waals surface area contributed by atoms with Crippen LogP contribution in [-0.4, -0.2) is 27.6 Å². The van der Waals surface area contributed by atoms with Crippen molar-refractivity contribution in [1.82, 2.24) is 19.9 Å². The maximum absolute atomic E-state index is 12.2. The van der Waals surface area contributed by atoms with Crippen LogP contribution in [0.3, 0.4) is 0 Å². The largest absolute Gasteiger partial charge is 0.480 e. The SMILES string of the molecule is COc1ccc2nc(C(=O)NCc3ccccc3C)cn2n1. The maximum Gasteiger partial charge on any atom is 0.271 e. The number of carbonyl (C=O) groups excluding carboxylic acids is 1. The number of imidazole rings is 1. The molecule has 0 radical (unpaired) electrons. The van der Waals surface area contributed by atoms with Gasteiger partial charge in [-0.15, -0.1) is 5.10 Å². The topological polar surface area (TPSA) is 68.5 Å². The molecule has 3 aromatic rings. The number of hydrogen-bond donors (Lipinski definition) is 1. The summed E-state index contributed by atoms with van der Waals surface area (Å²) in [6.45, 7) is 2.48. The van der Waals surface area contributed by atoms with E-state index in [1.165, 1.54) is 4.52 Å². The van der Waals surface area contributed by atoms with Crippen LogP contribution >= 0.6 is 0 Å². The standard InChI is InChI=1S/C16H16N4O2/c1-11-5-3-4-6-12(11)9-17-16(21)13-10-20-14(18-13)7-8-15(19-20)22-2/h3-8,10H,9H2,1-2H3,(H,17,21). The molecule has 22 heavy (non-hydrogen) atoms. The number of nitrogens with one attached hydrogen (secondary N) is 1. The molecule has 6 nitrogen and oxygen atoms in total. The molecule has 6 heteroatoms. The first-order valence-electron chi connectivity index (χ1n) is 6.90. The molecule has 2 aromatic heterocycles. The van der Waals surface area contributed by atoms with E-state index in [1.807, 2.05) is 31.2 Å². The monoisotopic (exact) mass is 296 g/mol. The lowest BCUT2D eigenvalue weighted by molar-refractivity contribution is 0.0946. The molecule has 1 N–H and O–H groups in total. The van der Waals surface area contributed by atoms with E-state index in [-0.39, 0.29) is 5.91 Å². The van der Waals surface area contributed by atoms with Crippen molar-refractivity contribution in [2.24, 2.45) is 0 Å². The van der Waals surface area contributed by atoms with Gasteiger partial charge in [-0.25, -0.2) is 9.50 Å². The predicted molar refractivity (Wildman–Crippen MR) is 81.9 cm³/mol. The van der Waals surface area contributed by atoms with Gasteiger partial charge in [0, 0.05) is 12.6 Å². The van der Waals surface area contributed by atoms with Crippen LogP contribution in [0, 0.1) is 6.92 Å². The number of carbonyl (C=O) groups is 1. The van der Waals surface area contributed by atoms with E-state index < -0.39 is 0 Å². The number of methoxy groups -OCH3 is 1. The summed E-state index contributed by atoms with van der Waals surface area (Å²) in [6, 6.07) is 11.4. The predicted octanol–water partition coefficient (Wildman–Crippen LogP) is 1.98. The minimum absolute atomic E-state index is 0.229. The van der Waals surface area contributed by atoms with Crippen LogP contribution in [0.5, 0.6) is 5.88 Å². The molecule has 0 saturated carbocycles. The second-order valence-electron chi connectivity index (χ2n) is 4.91. The molecule has 1 amide bonds. The Labute approximate surface area is 127 Å². The second-order valence-corrected chi connectivity index (χ2v) is 4.91. The molecule has 0 spiro atoms. The molecule has 0 saturated heterocycles. The van der Waals surface area contributed by atoms with Gasteiger partial charge < -0.3 is 10.1 Å². The van der Waals surface area contributed by atoms with E-state index in [1.54, 1.807) is 25.4 Å². The third kappa shape index (κ3) is 2.76. The summed E-state index contributed by atoms with van der Waals surface area (Å²) in [5, 5.41) is 7.05. The fourth-order valence-electron chi connectivity index (χ4n) is 2.16. The lowest BCUT2D eigenvalue weighted by Gasteiger charge is -2.06. The molecule has 0 atom stereocenters. The highest BCUT2D eigenvalue weighted by atomic mass is 16.5. The minimum atomic E-state index is -0.229. The molecule has 0 aliphatic rings. The van der Waals surface area contributed by atoms with Gasteiger partial charge in [0.2, 0.25) is 5.88 Å². The molecular formula is C16H16N4O2. The Hall–Kier alpha value is -2.89. The van der Waals surface area contributed by atoms with Crippen molar-refractivity contribution in [3.8, 4) is 5.88 Å². The molecule has 112 valence electrons. The van der Waals surface area contributed by atoms with Gasteiger partial charge >= 0.3 is 0 Å². The zero-order chi connectivity index (χ0) is 15.5. The van der Waals surface area contributed by atoms with E-state index in [4.69, 9.17) is 4.74 Å². The van der Waals surface area contributed by atoms with Crippen molar-refractivity contribution < 1.29 is 9.53 Å². The minimum Gasteiger partial charge on any atom is -0.480 e. The van der Waals surface area contributed by atoms with Crippen molar-refractivity contribution in [2.75, 3.05) is 7.11 Å². The van der Waals surface area contributed by atoms with Crippen molar-refractivity contribution in [3.63, 3.8) is 0 Å². The smallest absolute Gasteiger partial charge is 0.271 e. The zero-order valence-electron chi connectivity index (χ0n) is 12.4. The van der Waals surface area contributed by atoms with Crippen LogP contribution in [-0.2, 0) is 6.54 Å². The Kier molecular flexibility index (Phi) is 3.74. The highest BCUT2D eigenvalue weighted by Gasteiger charge is 2.12. The van der Waals surface area contributed by atoms with Crippen LogP contribution in [0.2, 0.25) is 0 Å². The van der Waals surface area contributed by atoms with Crippen molar-refractivity contribution >= 4 is 11.6 Å². The fraction of sp³-hybridized carbons (Fsp3) is 0.188. The van der Waals surface area contributed by atoms with Crippen LogP contribution < -0.4 is 10.1 Å². The molecule has 0 bridgehead atoms. The highest BCUT2D eigenvalue weighted by molar-refractivity contribution is 5.92. The number of fused-ring (bicyclic) bond motifs is 1. The Balaban J connectivity index is 1.76. The lowest BCUT2D eigenvalue weighted by atomic mass is 10.1. The van der Waals surface area contributed by atoms with Gasteiger partial charge in [0.05, 0.1) is 13.3 Å². The molecule has 3 rings (SSSR count). The summed E-state index contributed by atoms with van der Waals surface area (Å²) in [5.74, 6) is 0.240. The van der Waals surface area contributed by atoms with E-state index >= 15 is 0 Å². The summed E-state index contributed by atoms with van der Waals surface area (Å²) < 4.78 is 6.58. The molecule has 2 heterocycles. The summed E-state index contributed by atoms with van der Waals surface area (Å²) in [7, 11) is 1.54. The summed E-state index contributed by atoms with van der Waals surface area (Å²) >= 11 is 0. The zero-order valence-corrected chi connectivity index (χ0v) is 12.4. The average Bonchev–Trinajstić information content (AvgIpc) is 2.96. The first-order chi connectivity index (χ1) is 10.7. The van der Waals surface area contributed by atoms with Crippen molar-refractivity contribution in [1.29, 1.82) is 0 Å². The van der Waals surface area contributed by atoms with Gasteiger partial charge in [0.25, 0.3) is 5.91 Å². The fourth-order valence-corrected chi connectivity index (χ4v) is 2.16. The number of amides is 1. The van der Waals surface area contributed by atoms with E-state index in [0.29, 0.717) is 23.8 Å². The van der Waals surface area contributed by atoms with E-state index in [9.17, 15) is 4.79 Å². The lowest BCUT2D eigenvalue weighted by Crippen LogP contribution is -2.23. The third-order valence-corrected chi connectivity index (χ3v) is 3.44. The van der Waals surface area contributed by atoms with Gasteiger partial charge in [-0.05, 0) is 24.1 Å². The van der Waals surface area contributed by atoms with Gasteiger partial charge in [0.15, 0.2) is 5.65 Å². The Morgan fingerprint density at radius 3 is 2.86 bits per heavy atom. The van der Waals surface area contributed by atoms with Gasteiger partial charge in [-0.2, -0.15) is 0 Å². The van der Waals surface area contributed by atoms with Crippen molar-refractivity contribution in [2.45, 2.75) is 13.5 Å². The molecular weight excluding hydrogens is 280 g/mol. The van der Waals surface area contributed by atoms with Crippen LogP contribution in [0.1, 0.15) is 21.6 Å². The summed E-state index contributed by atoms with van der Waals surface area (Å²) in [6.07, 6.45) is 1.59. The molecule has 0 aliphatic carbocycles. The summed E-state index contributed by atoms with van der Waals surface area (Å²) in [5.41, 5.74) is 3.15. The van der Waals surface area contributed by atoms with Crippen LogP contribution in [0.15, 0.2) is 42.6 Å². The average molecular weight is 296 g/mol. The Morgan fingerprint density at radius 2 is 2.09 bits per heavy atom. The van der Waals surface area contributed by atoms with Crippen molar-refractivity contribution in [3.05, 3.63) is 59.4 Å². The van der Waals surface area contributed by atoms with Gasteiger partial charge in [-0.1, -0.05) is 24.3 Å².